The molecule has 0 aliphatic rings. The number of nitrogens with two attached hydrogens (primary N) is 1. The normalized spacial score (nSPS) is 10.5. The molecule has 0 unspecified atom stereocenters. The highest BCUT2D eigenvalue weighted by molar-refractivity contribution is 5.99. The summed E-state index contributed by atoms with van der Waals surface area (Å²) in [5.74, 6) is -0.0877. The van der Waals surface area contributed by atoms with E-state index in [1.165, 1.54) is 0 Å². The number of methoxy groups -OCH3 is 2. The maximum absolute atomic E-state index is 12.5. The standard InChI is InChI=1S/C14H22N2O3/c1-11-4-5-13(15)12(10-11)14(17)16(6-8-18-2)7-9-19-3/h4-5,10H,6-9,15H2,1-3H3. The average Bonchev–Trinajstić information content (AvgIpc) is 2.41. The van der Waals surface area contributed by atoms with E-state index in [-0.39, 0.29) is 5.91 Å². The number of rotatable bonds is 7. The Morgan fingerprint density at radius 2 is 1.79 bits per heavy atom. The lowest BCUT2D eigenvalue weighted by molar-refractivity contribution is 0.0628. The molecule has 1 rings (SSSR count). The van der Waals surface area contributed by atoms with E-state index in [2.05, 4.69) is 0 Å². The highest BCUT2D eigenvalue weighted by Gasteiger charge is 2.17. The Labute approximate surface area is 114 Å². The van der Waals surface area contributed by atoms with Gasteiger partial charge in [0.2, 0.25) is 0 Å². The number of benzene rings is 1. The molecule has 1 aromatic carbocycles. The van der Waals surface area contributed by atoms with Gasteiger partial charge in [0.15, 0.2) is 0 Å². The van der Waals surface area contributed by atoms with Gasteiger partial charge in [0.05, 0.1) is 18.8 Å². The van der Waals surface area contributed by atoms with Crippen molar-refractivity contribution in [1.29, 1.82) is 0 Å². The summed E-state index contributed by atoms with van der Waals surface area (Å²) in [6, 6.07) is 5.46. The molecule has 0 aliphatic heterocycles. The van der Waals surface area contributed by atoms with Gasteiger partial charge in [0.1, 0.15) is 0 Å². The van der Waals surface area contributed by atoms with Crippen LogP contribution in [0.3, 0.4) is 0 Å². The number of hydrogen-bond acceptors (Lipinski definition) is 4. The van der Waals surface area contributed by atoms with Gasteiger partial charge >= 0.3 is 0 Å². The fourth-order valence-corrected chi connectivity index (χ4v) is 1.74. The maximum atomic E-state index is 12.5. The van der Waals surface area contributed by atoms with Crippen LogP contribution in [0.2, 0.25) is 0 Å². The molecule has 0 heterocycles. The van der Waals surface area contributed by atoms with Crippen LogP contribution in [0.1, 0.15) is 15.9 Å². The van der Waals surface area contributed by atoms with E-state index in [0.29, 0.717) is 37.6 Å². The first-order valence-electron chi connectivity index (χ1n) is 6.23. The minimum atomic E-state index is -0.0877. The monoisotopic (exact) mass is 266 g/mol. The van der Waals surface area contributed by atoms with E-state index in [1.807, 2.05) is 19.1 Å². The minimum Gasteiger partial charge on any atom is -0.398 e. The van der Waals surface area contributed by atoms with E-state index < -0.39 is 0 Å². The summed E-state index contributed by atoms with van der Waals surface area (Å²) in [6.45, 7) is 3.95. The summed E-state index contributed by atoms with van der Waals surface area (Å²) >= 11 is 0. The van der Waals surface area contributed by atoms with Gasteiger partial charge in [0, 0.05) is 33.0 Å². The third kappa shape index (κ3) is 4.54. The highest BCUT2D eigenvalue weighted by Crippen LogP contribution is 2.16. The van der Waals surface area contributed by atoms with Crippen LogP contribution in [0, 0.1) is 6.92 Å². The number of aryl methyl sites for hydroxylation is 1. The molecule has 5 heteroatoms. The van der Waals surface area contributed by atoms with Crippen LogP contribution < -0.4 is 5.73 Å². The number of nitrogens with zero attached hydrogens (tertiary/aromatic N) is 1. The van der Waals surface area contributed by atoms with Crippen LogP contribution in [0.25, 0.3) is 0 Å². The van der Waals surface area contributed by atoms with Crippen molar-refractivity contribution in [2.75, 3.05) is 46.3 Å². The Kier molecular flexibility index (Phi) is 6.32. The summed E-state index contributed by atoms with van der Waals surface area (Å²) < 4.78 is 10.1. The third-order valence-corrected chi connectivity index (χ3v) is 2.86. The fraction of sp³-hybridized carbons (Fsp3) is 0.500. The number of ether oxygens (including phenoxy) is 2. The van der Waals surface area contributed by atoms with Crippen molar-refractivity contribution in [3.63, 3.8) is 0 Å². The Morgan fingerprint density at radius 1 is 1.21 bits per heavy atom. The van der Waals surface area contributed by atoms with Gasteiger partial charge in [-0.2, -0.15) is 0 Å². The van der Waals surface area contributed by atoms with Crippen molar-refractivity contribution in [2.45, 2.75) is 6.92 Å². The Morgan fingerprint density at radius 3 is 2.32 bits per heavy atom. The molecule has 0 aromatic heterocycles. The summed E-state index contributed by atoms with van der Waals surface area (Å²) in [6.07, 6.45) is 0. The van der Waals surface area contributed by atoms with Crippen molar-refractivity contribution in [2.24, 2.45) is 0 Å². The molecule has 0 radical (unpaired) electrons. The van der Waals surface area contributed by atoms with Gasteiger partial charge < -0.3 is 20.1 Å². The molecule has 0 fully saturated rings. The van der Waals surface area contributed by atoms with Gasteiger partial charge in [-0.15, -0.1) is 0 Å². The lowest BCUT2D eigenvalue weighted by Crippen LogP contribution is -2.36. The second-order valence-corrected chi connectivity index (χ2v) is 4.37. The van der Waals surface area contributed by atoms with Crippen LogP contribution in [-0.2, 0) is 9.47 Å². The molecule has 0 atom stereocenters. The van der Waals surface area contributed by atoms with E-state index in [1.54, 1.807) is 25.2 Å². The van der Waals surface area contributed by atoms with Crippen molar-refractivity contribution < 1.29 is 14.3 Å². The summed E-state index contributed by atoms with van der Waals surface area (Å²) in [4.78, 5) is 14.2. The lowest BCUT2D eigenvalue weighted by atomic mass is 10.1. The largest absolute Gasteiger partial charge is 0.398 e. The Balaban J connectivity index is 2.87. The molecule has 0 aliphatic carbocycles. The smallest absolute Gasteiger partial charge is 0.256 e. The topological polar surface area (TPSA) is 64.8 Å². The SMILES string of the molecule is COCCN(CCOC)C(=O)c1cc(C)ccc1N. The third-order valence-electron chi connectivity index (χ3n) is 2.86. The fourth-order valence-electron chi connectivity index (χ4n) is 1.74. The Bertz CT molecular complexity index is 413. The lowest BCUT2D eigenvalue weighted by Gasteiger charge is -2.23. The van der Waals surface area contributed by atoms with E-state index in [9.17, 15) is 4.79 Å². The predicted octanol–water partition coefficient (Wildman–Crippen LogP) is 1.31. The molecule has 19 heavy (non-hydrogen) atoms. The van der Waals surface area contributed by atoms with Crippen LogP contribution >= 0.6 is 0 Å². The van der Waals surface area contributed by atoms with Crippen LogP contribution in [-0.4, -0.2) is 51.3 Å². The quantitative estimate of drug-likeness (QED) is 0.756. The molecule has 106 valence electrons. The van der Waals surface area contributed by atoms with Gasteiger partial charge in [-0.3, -0.25) is 4.79 Å². The van der Waals surface area contributed by atoms with Crippen LogP contribution in [0.15, 0.2) is 18.2 Å². The van der Waals surface area contributed by atoms with E-state index >= 15 is 0 Å². The van der Waals surface area contributed by atoms with Crippen LogP contribution in [0.4, 0.5) is 5.69 Å². The molecule has 0 spiro atoms. The first-order valence-corrected chi connectivity index (χ1v) is 6.23. The second kappa shape index (κ2) is 7.76. The maximum Gasteiger partial charge on any atom is 0.256 e. The van der Waals surface area contributed by atoms with E-state index in [0.717, 1.165) is 5.56 Å². The first kappa shape index (κ1) is 15.5. The Hall–Kier alpha value is -1.59. The molecule has 5 nitrogen and oxygen atoms in total. The van der Waals surface area contributed by atoms with Gasteiger partial charge in [0.25, 0.3) is 5.91 Å². The zero-order valence-electron chi connectivity index (χ0n) is 11.8. The number of hydrogen-bond donors (Lipinski definition) is 1. The first-order chi connectivity index (χ1) is 9.10. The molecular weight excluding hydrogens is 244 g/mol. The zero-order chi connectivity index (χ0) is 14.3. The van der Waals surface area contributed by atoms with Gasteiger partial charge in [-0.05, 0) is 19.1 Å². The van der Waals surface area contributed by atoms with Gasteiger partial charge in [-0.25, -0.2) is 0 Å². The predicted molar refractivity (Wildman–Crippen MR) is 75.2 cm³/mol. The van der Waals surface area contributed by atoms with Crippen molar-refractivity contribution in [1.82, 2.24) is 4.90 Å². The molecule has 1 amide bonds. The van der Waals surface area contributed by atoms with E-state index in [4.69, 9.17) is 15.2 Å². The molecular formula is C14H22N2O3. The number of carbonyl (C=O) groups excluding carboxylic acids is 1. The molecule has 1 aromatic rings. The summed E-state index contributed by atoms with van der Waals surface area (Å²) in [5, 5.41) is 0. The summed E-state index contributed by atoms with van der Waals surface area (Å²) in [7, 11) is 3.22. The van der Waals surface area contributed by atoms with Crippen LogP contribution in [0.5, 0.6) is 0 Å². The molecule has 2 N–H and O–H groups in total. The van der Waals surface area contributed by atoms with Crippen molar-refractivity contribution >= 4 is 11.6 Å². The molecule has 0 bridgehead atoms. The molecule has 0 saturated carbocycles. The second-order valence-electron chi connectivity index (χ2n) is 4.37. The highest BCUT2D eigenvalue weighted by atomic mass is 16.5. The number of carbonyl (C=O) groups is 1. The average molecular weight is 266 g/mol. The van der Waals surface area contributed by atoms with Gasteiger partial charge in [-0.1, -0.05) is 11.6 Å². The number of amides is 1. The zero-order valence-corrected chi connectivity index (χ0v) is 11.8. The molecule has 0 saturated heterocycles. The number of nitrogen functional groups attached to an aromatic ring is 1. The van der Waals surface area contributed by atoms with Crippen molar-refractivity contribution in [3.05, 3.63) is 29.3 Å². The minimum absolute atomic E-state index is 0.0877. The number of anilines is 1. The summed E-state index contributed by atoms with van der Waals surface area (Å²) in [5.41, 5.74) is 7.92. The van der Waals surface area contributed by atoms with Crippen molar-refractivity contribution in [3.8, 4) is 0 Å².